The highest BCUT2D eigenvalue weighted by atomic mass is 32.2. The minimum atomic E-state index is -0.878. The molecule has 1 aromatic heterocycles. The van der Waals surface area contributed by atoms with Gasteiger partial charge in [0.2, 0.25) is 0 Å². The first-order valence-electron chi connectivity index (χ1n) is 6.93. The zero-order valence-electron chi connectivity index (χ0n) is 11.5. The SMILES string of the molecule is CSCCCn1c(C2CC2)nc2ccc(C(=O)O)cc21. The Balaban J connectivity index is 2.03. The van der Waals surface area contributed by atoms with E-state index in [-0.39, 0.29) is 0 Å². The van der Waals surface area contributed by atoms with Gasteiger partial charge in [0.25, 0.3) is 0 Å². The van der Waals surface area contributed by atoms with Crippen molar-refractivity contribution < 1.29 is 9.90 Å². The molecule has 1 heterocycles. The van der Waals surface area contributed by atoms with Crippen molar-refractivity contribution in [3.8, 4) is 0 Å². The molecule has 1 aliphatic carbocycles. The first kappa shape index (κ1) is 13.5. The zero-order valence-corrected chi connectivity index (χ0v) is 12.3. The number of hydrogen-bond donors (Lipinski definition) is 1. The number of rotatable bonds is 6. The maximum absolute atomic E-state index is 11.1. The molecule has 0 unspecified atom stereocenters. The molecule has 20 heavy (non-hydrogen) atoms. The number of aryl methyl sites for hydroxylation is 1. The van der Waals surface area contributed by atoms with E-state index in [1.807, 2.05) is 17.8 Å². The van der Waals surface area contributed by atoms with Gasteiger partial charge in [-0.25, -0.2) is 9.78 Å². The molecule has 3 rings (SSSR count). The van der Waals surface area contributed by atoms with Crippen molar-refractivity contribution in [1.82, 2.24) is 9.55 Å². The maximum atomic E-state index is 11.1. The van der Waals surface area contributed by atoms with Crippen LogP contribution in [0.1, 0.15) is 41.4 Å². The molecule has 0 radical (unpaired) electrons. The summed E-state index contributed by atoms with van der Waals surface area (Å²) >= 11 is 1.84. The van der Waals surface area contributed by atoms with Gasteiger partial charge in [0.05, 0.1) is 16.6 Å². The highest BCUT2D eigenvalue weighted by Crippen LogP contribution is 2.40. The van der Waals surface area contributed by atoms with Crippen LogP contribution in [-0.2, 0) is 6.54 Å². The number of benzene rings is 1. The Morgan fingerprint density at radius 2 is 2.30 bits per heavy atom. The molecule has 0 amide bonds. The molecule has 5 heteroatoms. The van der Waals surface area contributed by atoms with E-state index in [0.29, 0.717) is 11.5 Å². The van der Waals surface area contributed by atoms with Crippen LogP contribution in [-0.4, -0.2) is 32.6 Å². The van der Waals surface area contributed by atoms with Crippen molar-refractivity contribution in [2.75, 3.05) is 12.0 Å². The highest BCUT2D eigenvalue weighted by molar-refractivity contribution is 7.98. The first-order chi connectivity index (χ1) is 9.70. The van der Waals surface area contributed by atoms with Crippen molar-refractivity contribution in [1.29, 1.82) is 0 Å². The zero-order chi connectivity index (χ0) is 14.1. The molecule has 0 saturated heterocycles. The van der Waals surface area contributed by atoms with Gasteiger partial charge in [-0.15, -0.1) is 0 Å². The van der Waals surface area contributed by atoms with E-state index in [1.165, 1.54) is 12.8 Å². The summed E-state index contributed by atoms with van der Waals surface area (Å²) in [7, 11) is 0. The van der Waals surface area contributed by atoms with Gasteiger partial charge in [-0.2, -0.15) is 11.8 Å². The quantitative estimate of drug-likeness (QED) is 0.829. The van der Waals surface area contributed by atoms with E-state index < -0.39 is 5.97 Å². The summed E-state index contributed by atoms with van der Waals surface area (Å²) in [6.45, 7) is 0.923. The van der Waals surface area contributed by atoms with Crippen LogP contribution in [0.25, 0.3) is 11.0 Å². The highest BCUT2D eigenvalue weighted by Gasteiger charge is 2.29. The third-order valence-corrected chi connectivity index (χ3v) is 4.39. The molecule has 1 saturated carbocycles. The lowest BCUT2D eigenvalue weighted by Gasteiger charge is -2.08. The number of nitrogens with zero attached hydrogens (tertiary/aromatic N) is 2. The summed E-state index contributed by atoms with van der Waals surface area (Å²) in [6, 6.07) is 5.23. The first-order valence-corrected chi connectivity index (χ1v) is 8.32. The van der Waals surface area contributed by atoms with Crippen molar-refractivity contribution >= 4 is 28.8 Å². The normalized spacial score (nSPS) is 14.8. The Morgan fingerprint density at radius 3 is 2.95 bits per heavy atom. The van der Waals surface area contributed by atoms with Crippen LogP contribution in [0.2, 0.25) is 0 Å². The number of aromatic carboxylic acids is 1. The number of aromatic nitrogens is 2. The van der Waals surface area contributed by atoms with Gasteiger partial charge < -0.3 is 9.67 Å². The molecule has 0 atom stereocenters. The second-order valence-electron chi connectivity index (χ2n) is 5.25. The van der Waals surface area contributed by atoms with Crippen molar-refractivity contribution in [3.63, 3.8) is 0 Å². The number of fused-ring (bicyclic) bond motifs is 1. The summed E-state index contributed by atoms with van der Waals surface area (Å²) in [5.74, 6) is 1.95. The van der Waals surface area contributed by atoms with Crippen LogP contribution in [0.4, 0.5) is 0 Å². The smallest absolute Gasteiger partial charge is 0.335 e. The van der Waals surface area contributed by atoms with Gasteiger partial charge in [0, 0.05) is 12.5 Å². The van der Waals surface area contributed by atoms with E-state index in [1.54, 1.807) is 12.1 Å². The lowest BCUT2D eigenvalue weighted by atomic mass is 10.2. The van der Waals surface area contributed by atoms with E-state index in [4.69, 9.17) is 10.1 Å². The van der Waals surface area contributed by atoms with Gasteiger partial charge in [0.1, 0.15) is 5.82 Å². The molecule has 0 aliphatic heterocycles. The number of carboxylic acid groups (broad SMARTS) is 1. The molecule has 1 aliphatic rings. The molecular formula is C15H18N2O2S. The summed E-state index contributed by atoms with van der Waals surface area (Å²) in [5, 5.41) is 9.14. The molecular weight excluding hydrogens is 272 g/mol. The Kier molecular flexibility index (Phi) is 3.70. The number of carboxylic acids is 1. The van der Waals surface area contributed by atoms with Gasteiger partial charge in [0.15, 0.2) is 0 Å². The number of carbonyl (C=O) groups is 1. The van der Waals surface area contributed by atoms with Crippen molar-refractivity contribution in [2.45, 2.75) is 31.7 Å². The van der Waals surface area contributed by atoms with Crippen molar-refractivity contribution in [3.05, 3.63) is 29.6 Å². The van der Waals surface area contributed by atoms with Crippen molar-refractivity contribution in [2.24, 2.45) is 0 Å². The Bertz CT molecular complexity index is 647. The number of hydrogen-bond acceptors (Lipinski definition) is 3. The molecule has 2 aromatic rings. The molecule has 1 aromatic carbocycles. The third-order valence-electron chi connectivity index (χ3n) is 3.70. The summed E-state index contributed by atoms with van der Waals surface area (Å²) < 4.78 is 2.23. The van der Waals surface area contributed by atoms with Gasteiger partial charge in [-0.1, -0.05) is 0 Å². The van der Waals surface area contributed by atoms with Gasteiger partial charge in [-0.05, 0) is 49.5 Å². The topological polar surface area (TPSA) is 55.1 Å². The van der Waals surface area contributed by atoms with E-state index in [2.05, 4.69) is 10.8 Å². The maximum Gasteiger partial charge on any atom is 0.335 e. The minimum absolute atomic E-state index is 0.339. The number of thioether (sulfide) groups is 1. The lowest BCUT2D eigenvalue weighted by Crippen LogP contribution is -2.04. The average Bonchev–Trinajstić information content (AvgIpc) is 3.22. The molecule has 1 fully saturated rings. The van der Waals surface area contributed by atoms with Crippen LogP contribution >= 0.6 is 11.8 Å². The molecule has 1 N–H and O–H groups in total. The second-order valence-corrected chi connectivity index (χ2v) is 6.24. The fourth-order valence-electron chi connectivity index (χ4n) is 2.53. The fraction of sp³-hybridized carbons (Fsp3) is 0.467. The molecule has 0 bridgehead atoms. The van der Waals surface area contributed by atoms with E-state index >= 15 is 0 Å². The van der Waals surface area contributed by atoms with Crippen LogP contribution in [0.3, 0.4) is 0 Å². The van der Waals surface area contributed by atoms with E-state index in [9.17, 15) is 4.79 Å². The third kappa shape index (κ3) is 2.54. The summed E-state index contributed by atoms with van der Waals surface area (Å²) in [6.07, 6.45) is 5.61. The molecule has 0 spiro atoms. The van der Waals surface area contributed by atoms with Crippen LogP contribution in [0, 0.1) is 0 Å². The molecule has 106 valence electrons. The predicted molar refractivity (Wildman–Crippen MR) is 81.7 cm³/mol. The fourth-order valence-corrected chi connectivity index (χ4v) is 2.95. The van der Waals surface area contributed by atoms with Gasteiger partial charge >= 0.3 is 5.97 Å². The monoisotopic (exact) mass is 290 g/mol. The van der Waals surface area contributed by atoms with E-state index in [0.717, 1.165) is 35.6 Å². The minimum Gasteiger partial charge on any atom is -0.478 e. The molecule has 4 nitrogen and oxygen atoms in total. The standard InChI is InChI=1S/C15H18N2O2S/c1-20-8-2-7-17-13-9-11(15(18)19)5-6-12(13)16-14(17)10-3-4-10/h5-6,9-10H,2-4,7-8H2,1H3,(H,18,19). The Labute approximate surface area is 122 Å². The Morgan fingerprint density at radius 1 is 1.50 bits per heavy atom. The largest absolute Gasteiger partial charge is 0.478 e. The van der Waals surface area contributed by atoms with Crippen LogP contribution in [0.5, 0.6) is 0 Å². The summed E-state index contributed by atoms with van der Waals surface area (Å²) in [4.78, 5) is 15.9. The Hall–Kier alpha value is -1.49. The van der Waals surface area contributed by atoms with Gasteiger partial charge in [-0.3, -0.25) is 0 Å². The van der Waals surface area contributed by atoms with Crippen LogP contribution in [0.15, 0.2) is 18.2 Å². The number of imidazole rings is 1. The van der Waals surface area contributed by atoms with Crippen LogP contribution < -0.4 is 0 Å². The lowest BCUT2D eigenvalue weighted by molar-refractivity contribution is 0.0697. The summed E-state index contributed by atoms with van der Waals surface area (Å²) in [5.41, 5.74) is 2.22. The second kappa shape index (κ2) is 5.48. The predicted octanol–water partition coefficient (Wildman–Crippen LogP) is 3.37. The average molecular weight is 290 g/mol.